The Kier molecular flexibility index (Phi) is 5.31. The zero-order chi connectivity index (χ0) is 24.2. The third-order valence-electron chi connectivity index (χ3n) is 6.92. The van der Waals surface area contributed by atoms with E-state index in [2.05, 4.69) is 20.1 Å². The molecule has 10 nitrogen and oxygen atoms in total. The molecule has 34 heavy (non-hydrogen) atoms. The van der Waals surface area contributed by atoms with Crippen LogP contribution >= 0.6 is 0 Å². The second kappa shape index (κ2) is 8.08. The van der Waals surface area contributed by atoms with Gasteiger partial charge >= 0.3 is 0 Å². The quantitative estimate of drug-likeness (QED) is 0.459. The highest BCUT2D eigenvalue weighted by atomic mass is 19.1. The molecule has 11 heteroatoms. The maximum absolute atomic E-state index is 14.4. The first kappa shape index (κ1) is 22.3. The number of nitrogens with zero attached hydrogens (tertiary/aromatic N) is 7. The molecule has 2 atom stereocenters. The van der Waals surface area contributed by atoms with Gasteiger partial charge in [0.1, 0.15) is 0 Å². The number of aliphatic hydroxyl groups is 1. The van der Waals surface area contributed by atoms with E-state index in [1.165, 1.54) is 23.8 Å². The second-order valence-corrected chi connectivity index (χ2v) is 9.44. The highest BCUT2D eigenvalue weighted by Gasteiger charge is 2.30. The van der Waals surface area contributed by atoms with Gasteiger partial charge in [0.05, 0.1) is 36.2 Å². The van der Waals surface area contributed by atoms with Gasteiger partial charge in [0, 0.05) is 36.7 Å². The van der Waals surface area contributed by atoms with Gasteiger partial charge in [0.2, 0.25) is 5.95 Å². The van der Waals surface area contributed by atoms with Crippen molar-refractivity contribution in [2.75, 3.05) is 30.8 Å². The van der Waals surface area contributed by atoms with Crippen LogP contribution in [0.3, 0.4) is 0 Å². The van der Waals surface area contributed by atoms with Crippen LogP contribution in [0.15, 0.2) is 24.5 Å². The fourth-order valence-electron chi connectivity index (χ4n) is 4.38. The number of aliphatic hydroxyl groups excluding tert-OH is 1. The molecule has 0 saturated carbocycles. The van der Waals surface area contributed by atoms with Gasteiger partial charge in [-0.1, -0.05) is 0 Å². The number of piperidine rings is 1. The number of hydrogen-bond acceptors (Lipinski definition) is 8. The molecule has 4 aromatic rings. The number of anilines is 2. The minimum atomic E-state index is -0.546. The molecule has 0 unspecified atom stereocenters. The van der Waals surface area contributed by atoms with Gasteiger partial charge in [0.25, 0.3) is 0 Å². The van der Waals surface area contributed by atoms with Crippen molar-refractivity contribution in [2.24, 2.45) is 0 Å². The van der Waals surface area contributed by atoms with Crippen LogP contribution in [-0.2, 0) is 5.54 Å². The first-order valence-corrected chi connectivity index (χ1v) is 11.4. The van der Waals surface area contributed by atoms with E-state index in [0.717, 1.165) is 25.1 Å². The van der Waals surface area contributed by atoms with E-state index in [1.54, 1.807) is 11.6 Å². The molecule has 0 spiro atoms. The topological polar surface area (TPSA) is 120 Å². The summed E-state index contributed by atoms with van der Waals surface area (Å²) < 4.78 is 22.8. The highest BCUT2D eigenvalue weighted by molar-refractivity contribution is 5.93. The van der Waals surface area contributed by atoms with Crippen molar-refractivity contribution >= 4 is 28.2 Å². The monoisotopic (exact) mass is 468 g/mol. The number of hydrogen-bond donors (Lipinski definition) is 2. The van der Waals surface area contributed by atoms with E-state index in [-0.39, 0.29) is 17.6 Å². The first-order chi connectivity index (χ1) is 16.2. The molecule has 4 heterocycles. The number of nitrogens with two attached hydrogens (primary N) is 1. The lowest BCUT2D eigenvalue weighted by atomic mass is 9.97. The standard InChI is InChI=1S/C23H29FN8O2/c1-13(33)23(2,3)31-12-15(10-26-31)30-7-5-6-14(11-30)20-28-21-16-8-17(24)19(34-4)9-18(16)27-22(25)32(21)29-20/h8-10,12-14,33H,5-7,11H2,1-4H3,(H2,25,27)/t13-,14-/m1/s1. The average molecular weight is 469 g/mol. The summed E-state index contributed by atoms with van der Waals surface area (Å²) in [6.45, 7) is 7.28. The van der Waals surface area contributed by atoms with Gasteiger partial charge in [-0.15, -0.1) is 5.10 Å². The Morgan fingerprint density at radius 1 is 1.29 bits per heavy atom. The van der Waals surface area contributed by atoms with Gasteiger partial charge < -0.3 is 20.5 Å². The zero-order valence-electron chi connectivity index (χ0n) is 19.7. The lowest BCUT2D eigenvalue weighted by Crippen LogP contribution is -2.38. The zero-order valence-corrected chi connectivity index (χ0v) is 19.7. The summed E-state index contributed by atoms with van der Waals surface area (Å²) in [6, 6.07) is 2.88. The maximum atomic E-state index is 14.4. The Morgan fingerprint density at radius 2 is 2.09 bits per heavy atom. The van der Waals surface area contributed by atoms with Crippen LogP contribution in [0, 0.1) is 5.82 Å². The van der Waals surface area contributed by atoms with E-state index in [0.29, 0.717) is 28.9 Å². The van der Waals surface area contributed by atoms with Crippen molar-refractivity contribution in [3.63, 3.8) is 0 Å². The largest absolute Gasteiger partial charge is 0.494 e. The molecular formula is C23H29FN8O2. The predicted octanol–water partition coefficient (Wildman–Crippen LogP) is 2.70. The van der Waals surface area contributed by atoms with Crippen molar-refractivity contribution in [3.05, 3.63) is 36.2 Å². The molecular weight excluding hydrogens is 439 g/mol. The lowest BCUT2D eigenvalue weighted by Gasteiger charge is -2.32. The smallest absolute Gasteiger partial charge is 0.223 e. The van der Waals surface area contributed by atoms with E-state index in [1.807, 2.05) is 26.2 Å². The normalized spacial score (nSPS) is 18.1. The summed E-state index contributed by atoms with van der Waals surface area (Å²) in [4.78, 5) is 11.4. The highest BCUT2D eigenvalue weighted by Crippen LogP contribution is 2.32. The number of ether oxygens (including phenoxy) is 1. The van der Waals surface area contributed by atoms with Crippen LogP contribution in [0.2, 0.25) is 0 Å². The molecule has 3 aromatic heterocycles. The van der Waals surface area contributed by atoms with Crippen LogP contribution in [-0.4, -0.2) is 60.8 Å². The molecule has 1 aliphatic rings. The third-order valence-corrected chi connectivity index (χ3v) is 6.92. The third kappa shape index (κ3) is 3.60. The van der Waals surface area contributed by atoms with Crippen molar-refractivity contribution in [3.8, 4) is 5.75 Å². The molecule has 1 saturated heterocycles. The minimum Gasteiger partial charge on any atom is -0.494 e. The van der Waals surface area contributed by atoms with E-state index < -0.39 is 17.5 Å². The Bertz CT molecular complexity index is 1360. The fourth-order valence-corrected chi connectivity index (χ4v) is 4.38. The lowest BCUT2D eigenvalue weighted by molar-refractivity contribution is 0.0647. The van der Waals surface area contributed by atoms with Crippen molar-refractivity contribution in [1.29, 1.82) is 0 Å². The summed E-state index contributed by atoms with van der Waals surface area (Å²) in [7, 11) is 1.41. The van der Waals surface area contributed by atoms with E-state index in [9.17, 15) is 9.50 Å². The van der Waals surface area contributed by atoms with Gasteiger partial charge in [-0.05, 0) is 39.7 Å². The van der Waals surface area contributed by atoms with Gasteiger partial charge in [-0.25, -0.2) is 14.4 Å². The Labute approximate surface area is 196 Å². The van der Waals surface area contributed by atoms with E-state index >= 15 is 0 Å². The number of benzene rings is 1. The first-order valence-electron chi connectivity index (χ1n) is 11.4. The van der Waals surface area contributed by atoms with Crippen molar-refractivity contribution in [1.82, 2.24) is 29.4 Å². The van der Waals surface area contributed by atoms with Gasteiger partial charge in [-0.3, -0.25) is 4.68 Å². The summed E-state index contributed by atoms with van der Waals surface area (Å²) in [6.07, 6.45) is 5.14. The van der Waals surface area contributed by atoms with Crippen LogP contribution < -0.4 is 15.4 Å². The van der Waals surface area contributed by atoms with Crippen LogP contribution in [0.4, 0.5) is 16.0 Å². The fraction of sp³-hybridized carbons (Fsp3) is 0.478. The predicted molar refractivity (Wildman–Crippen MR) is 127 cm³/mol. The molecule has 0 radical (unpaired) electrons. The Hall–Kier alpha value is -3.47. The van der Waals surface area contributed by atoms with Gasteiger partial charge in [-0.2, -0.15) is 9.61 Å². The Morgan fingerprint density at radius 3 is 2.82 bits per heavy atom. The number of fused-ring (bicyclic) bond motifs is 3. The van der Waals surface area contributed by atoms with Crippen molar-refractivity contribution < 1.29 is 14.2 Å². The molecule has 3 N–H and O–H groups in total. The molecule has 180 valence electrons. The maximum Gasteiger partial charge on any atom is 0.223 e. The van der Waals surface area contributed by atoms with Crippen LogP contribution in [0.25, 0.3) is 16.6 Å². The number of halogens is 1. The molecule has 0 aliphatic carbocycles. The van der Waals surface area contributed by atoms with Crippen LogP contribution in [0.1, 0.15) is 45.4 Å². The second-order valence-electron chi connectivity index (χ2n) is 9.44. The number of rotatable bonds is 5. The Balaban J connectivity index is 1.47. The molecule has 0 bridgehead atoms. The minimum absolute atomic E-state index is 0.0688. The number of aromatic nitrogens is 6. The molecule has 1 aromatic carbocycles. The molecule has 1 fully saturated rings. The average Bonchev–Trinajstić information content (AvgIpc) is 3.48. The molecule has 0 amide bonds. The van der Waals surface area contributed by atoms with Crippen LogP contribution in [0.5, 0.6) is 5.75 Å². The summed E-state index contributed by atoms with van der Waals surface area (Å²) in [5.74, 6) is 0.516. The number of nitrogen functional groups attached to an aromatic ring is 1. The molecule has 1 aliphatic heterocycles. The van der Waals surface area contributed by atoms with Crippen molar-refractivity contribution in [2.45, 2.75) is 51.2 Å². The SMILES string of the molecule is COc1cc2nc(N)n3nc([C@@H]4CCCN(c5cnn(C(C)(C)[C@@H](C)O)c5)C4)nc3c2cc1F. The summed E-state index contributed by atoms with van der Waals surface area (Å²) >= 11 is 0. The summed E-state index contributed by atoms with van der Waals surface area (Å²) in [5.41, 5.74) is 7.60. The van der Waals surface area contributed by atoms with E-state index in [4.69, 9.17) is 15.5 Å². The number of methoxy groups -OCH3 is 1. The molecule has 5 rings (SSSR count). The van der Waals surface area contributed by atoms with Gasteiger partial charge in [0.15, 0.2) is 23.0 Å². The summed E-state index contributed by atoms with van der Waals surface area (Å²) in [5, 5.41) is 19.8.